The Kier molecular flexibility index (Phi) is 9.42. The number of aliphatic hydroxyl groups excluding tert-OH is 1. The van der Waals surface area contributed by atoms with Crippen molar-refractivity contribution in [3.8, 4) is 23.0 Å². The number of likely N-dealkylation sites (tertiary alicyclic amines) is 1. The molecule has 3 N–H and O–H groups in total. The number of rotatable bonds is 10. The summed E-state index contributed by atoms with van der Waals surface area (Å²) in [6.07, 6.45) is 1.01. The van der Waals surface area contributed by atoms with E-state index in [4.69, 9.17) is 9.47 Å². The summed E-state index contributed by atoms with van der Waals surface area (Å²) < 4.78 is 10.9. The highest BCUT2D eigenvalue weighted by atomic mass is 16.5. The molecule has 44 heavy (non-hydrogen) atoms. The fourth-order valence-electron chi connectivity index (χ4n) is 6.21. The number of likely N-dealkylation sites (N-methyl/N-ethyl adjacent to an activating group) is 1. The van der Waals surface area contributed by atoms with Crippen LogP contribution in [0.4, 0.5) is 0 Å². The molecule has 4 aromatic rings. The smallest absolute Gasteiger partial charge is 0.253 e. The molecule has 1 aliphatic heterocycles. The van der Waals surface area contributed by atoms with Crippen LogP contribution in [0.1, 0.15) is 51.6 Å². The Bertz CT molecular complexity index is 1520. The fraction of sp³-hybridized carbons (Fsp3) is 0.306. The molecule has 1 saturated heterocycles. The third-order valence-electron chi connectivity index (χ3n) is 8.61. The lowest BCUT2D eigenvalue weighted by atomic mass is 9.69. The Morgan fingerprint density at radius 2 is 1.52 bits per heavy atom. The molecule has 1 unspecified atom stereocenters. The molecule has 1 heterocycles. The van der Waals surface area contributed by atoms with E-state index in [-0.39, 0.29) is 29.4 Å². The van der Waals surface area contributed by atoms with Crippen molar-refractivity contribution in [3.05, 3.63) is 119 Å². The molecule has 5 rings (SSSR count). The first-order chi connectivity index (χ1) is 21.2. The molecule has 8 nitrogen and oxygen atoms in total. The predicted molar refractivity (Wildman–Crippen MR) is 169 cm³/mol. The van der Waals surface area contributed by atoms with Gasteiger partial charge in [-0.1, -0.05) is 42.5 Å². The zero-order valence-corrected chi connectivity index (χ0v) is 25.4. The number of ether oxygens (including phenoxy) is 2. The second-order valence-corrected chi connectivity index (χ2v) is 11.5. The van der Waals surface area contributed by atoms with E-state index in [0.717, 1.165) is 43.0 Å². The summed E-state index contributed by atoms with van der Waals surface area (Å²) in [7, 11) is 4.99. The maximum Gasteiger partial charge on any atom is 0.253 e. The van der Waals surface area contributed by atoms with Gasteiger partial charge >= 0.3 is 0 Å². The van der Waals surface area contributed by atoms with E-state index in [1.54, 1.807) is 27.3 Å². The zero-order chi connectivity index (χ0) is 31.3. The summed E-state index contributed by atoms with van der Waals surface area (Å²) in [6.45, 7) is 2.48. The van der Waals surface area contributed by atoms with Gasteiger partial charge in [-0.15, -0.1) is 0 Å². The lowest BCUT2D eigenvalue weighted by Gasteiger charge is -2.44. The second-order valence-electron chi connectivity index (χ2n) is 11.5. The summed E-state index contributed by atoms with van der Waals surface area (Å²) in [4.78, 5) is 17.3. The van der Waals surface area contributed by atoms with Crippen molar-refractivity contribution in [2.45, 2.75) is 30.9 Å². The lowest BCUT2D eigenvalue weighted by molar-refractivity contribution is 0.0680. The summed E-state index contributed by atoms with van der Waals surface area (Å²) in [6, 6.07) is 28.5. The molecule has 1 fully saturated rings. The standard InChI is InChI=1S/C36H40N2O6/c1-37(23-34(41)26-8-17-32(39)33(40)21-26)35(42)27-7-4-6-25(20-27)22-38-19-5-18-36(24-38,28-9-13-30(43-2)14-10-28)29-11-15-31(44-3)16-12-29/h4,6-17,20-21,34,39-41H,5,18-19,22-24H2,1-3H3. The third kappa shape index (κ3) is 6.67. The maximum absolute atomic E-state index is 13.3. The van der Waals surface area contributed by atoms with Crippen LogP contribution in [0, 0.1) is 0 Å². The first kappa shape index (κ1) is 30.9. The monoisotopic (exact) mass is 596 g/mol. The van der Waals surface area contributed by atoms with Crippen molar-refractivity contribution in [2.75, 3.05) is 40.9 Å². The molecule has 0 radical (unpaired) electrons. The summed E-state index contributed by atoms with van der Waals surface area (Å²) in [5.74, 6) is 0.862. The number of aliphatic hydroxyl groups is 1. The number of hydrogen-bond acceptors (Lipinski definition) is 7. The topological polar surface area (TPSA) is 103 Å². The van der Waals surface area contributed by atoms with Gasteiger partial charge in [0.15, 0.2) is 11.5 Å². The minimum Gasteiger partial charge on any atom is -0.504 e. The summed E-state index contributed by atoms with van der Waals surface area (Å²) in [5.41, 5.74) is 4.24. The number of piperidine rings is 1. The van der Waals surface area contributed by atoms with Gasteiger partial charge in [-0.05, 0) is 90.2 Å². The summed E-state index contributed by atoms with van der Waals surface area (Å²) in [5, 5.41) is 30.0. The molecule has 230 valence electrons. The van der Waals surface area contributed by atoms with Crippen molar-refractivity contribution in [1.29, 1.82) is 0 Å². The third-order valence-corrected chi connectivity index (χ3v) is 8.61. The van der Waals surface area contributed by atoms with E-state index in [1.165, 1.54) is 34.2 Å². The lowest BCUT2D eigenvalue weighted by Crippen LogP contribution is -2.46. The van der Waals surface area contributed by atoms with Gasteiger partial charge in [-0.25, -0.2) is 0 Å². The number of carbonyl (C=O) groups is 1. The van der Waals surface area contributed by atoms with Crippen LogP contribution in [0.25, 0.3) is 0 Å². The Hall–Kier alpha value is -4.53. The van der Waals surface area contributed by atoms with Crippen LogP contribution >= 0.6 is 0 Å². The van der Waals surface area contributed by atoms with Crippen molar-refractivity contribution in [2.24, 2.45) is 0 Å². The largest absolute Gasteiger partial charge is 0.504 e. The Morgan fingerprint density at radius 3 is 2.11 bits per heavy atom. The van der Waals surface area contributed by atoms with E-state index < -0.39 is 6.10 Å². The Balaban J connectivity index is 1.33. The number of phenols is 2. The zero-order valence-electron chi connectivity index (χ0n) is 25.4. The number of nitrogens with zero attached hydrogens (tertiary/aromatic N) is 2. The molecule has 0 spiro atoms. The fourth-order valence-corrected chi connectivity index (χ4v) is 6.21. The van der Waals surface area contributed by atoms with Crippen LogP contribution in [0.15, 0.2) is 91.0 Å². The van der Waals surface area contributed by atoms with Crippen molar-refractivity contribution in [1.82, 2.24) is 9.80 Å². The molecule has 0 saturated carbocycles. The van der Waals surface area contributed by atoms with E-state index in [9.17, 15) is 20.1 Å². The number of carbonyl (C=O) groups excluding carboxylic acids is 1. The molecule has 1 atom stereocenters. The molecule has 0 aliphatic carbocycles. The van der Waals surface area contributed by atoms with Gasteiger partial charge < -0.3 is 29.7 Å². The first-order valence-electron chi connectivity index (χ1n) is 14.8. The minimum atomic E-state index is -1.02. The van der Waals surface area contributed by atoms with Crippen molar-refractivity contribution >= 4 is 5.91 Å². The molecule has 8 heteroatoms. The van der Waals surface area contributed by atoms with Crippen molar-refractivity contribution in [3.63, 3.8) is 0 Å². The number of amides is 1. The van der Waals surface area contributed by atoms with Gasteiger partial charge in [-0.3, -0.25) is 9.69 Å². The second kappa shape index (κ2) is 13.4. The van der Waals surface area contributed by atoms with Crippen LogP contribution in [-0.2, 0) is 12.0 Å². The van der Waals surface area contributed by atoms with Gasteiger partial charge in [0.25, 0.3) is 5.91 Å². The molecule has 1 amide bonds. The SMILES string of the molecule is COc1ccc(C2(c3ccc(OC)cc3)CCCN(Cc3cccc(C(=O)N(C)CC(O)c4ccc(O)c(O)c4)c3)C2)cc1. The molecule has 0 bridgehead atoms. The molecule has 1 aliphatic rings. The molecular formula is C36H40N2O6. The highest BCUT2D eigenvalue weighted by molar-refractivity contribution is 5.94. The maximum atomic E-state index is 13.3. The van der Waals surface area contributed by atoms with Crippen LogP contribution in [-0.4, -0.2) is 71.9 Å². The molecule has 4 aromatic carbocycles. The van der Waals surface area contributed by atoms with Gasteiger partial charge in [0.1, 0.15) is 11.5 Å². The number of phenolic OH excluding ortho intramolecular Hbond substituents is 2. The van der Waals surface area contributed by atoms with Crippen LogP contribution in [0.3, 0.4) is 0 Å². The average Bonchev–Trinajstić information content (AvgIpc) is 3.05. The molecule has 0 aromatic heterocycles. The van der Waals surface area contributed by atoms with Crippen molar-refractivity contribution < 1.29 is 29.6 Å². The first-order valence-corrected chi connectivity index (χ1v) is 14.8. The van der Waals surface area contributed by atoms with E-state index in [0.29, 0.717) is 17.7 Å². The van der Waals surface area contributed by atoms with Gasteiger partial charge in [0.05, 0.1) is 26.9 Å². The van der Waals surface area contributed by atoms with Gasteiger partial charge in [0, 0.05) is 31.1 Å². The normalized spacial score (nSPS) is 15.4. The van der Waals surface area contributed by atoms with Crippen LogP contribution in [0.5, 0.6) is 23.0 Å². The highest BCUT2D eigenvalue weighted by Crippen LogP contribution is 2.42. The van der Waals surface area contributed by atoms with Crippen LogP contribution < -0.4 is 9.47 Å². The Morgan fingerprint density at radius 1 is 0.886 bits per heavy atom. The number of methoxy groups -OCH3 is 2. The minimum absolute atomic E-state index is 0.0334. The van der Waals surface area contributed by atoms with E-state index in [1.807, 2.05) is 42.5 Å². The quantitative estimate of drug-likeness (QED) is 0.208. The summed E-state index contributed by atoms with van der Waals surface area (Å²) >= 11 is 0. The van der Waals surface area contributed by atoms with E-state index in [2.05, 4.69) is 29.2 Å². The average molecular weight is 597 g/mol. The molecular weight excluding hydrogens is 556 g/mol. The highest BCUT2D eigenvalue weighted by Gasteiger charge is 2.39. The van der Waals surface area contributed by atoms with E-state index >= 15 is 0 Å². The number of aromatic hydroxyl groups is 2. The van der Waals surface area contributed by atoms with Gasteiger partial charge in [-0.2, -0.15) is 0 Å². The van der Waals surface area contributed by atoms with Crippen LogP contribution in [0.2, 0.25) is 0 Å². The number of benzene rings is 4. The predicted octanol–water partition coefficient (Wildman–Crippen LogP) is 5.50. The van der Waals surface area contributed by atoms with Gasteiger partial charge in [0.2, 0.25) is 0 Å². The number of hydrogen-bond donors (Lipinski definition) is 3. The Labute approximate surface area is 258 Å².